The van der Waals surface area contributed by atoms with Gasteiger partial charge in [0.25, 0.3) is 0 Å². The molecule has 0 unspecified atom stereocenters. The summed E-state index contributed by atoms with van der Waals surface area (Å²) in [5.74, 6) is -0.963. The van der Waals surface area contributed by atoms with Crippen LogP contribution in [0.1, 0.15) is 10.4 Å². The van der Waals surface area contributed by atoms with E-state index in [2.05, 4.69) is 4.98 Å². The van der Waals surface area contributed by atoms with Crippen LogP contribution < -0.4 is 0 Å². The van der Waals surface area contributed by atoms with Crippen molar-refractivity contribution >= 4 is 23.2 Å². The van der Waals surface area contributed by atoms with Gasteiger partial charge < -0.3 is 5.11 Å². The highest BCUT2D eigenvalue weighted by Gasteiger charge is 2.09. The second-order valence-electron chi connectivity index (χ2n) is 4.10. The molecule has 94 valence electrons. The van der Waals surface area contributed by atoms with Gasteiger partial charge in [-0.3, -0.25) is 4.40 Å². The molecule has 4 nitrogen and oxygen atoms in total. The Labute approximate surface area is 113 Å². The molecule has 0 aliphatic heterocycles. The molecule has 2 aromatic heterocycles. The fourth-order valence-corrected chi connectivity index (χ4v) is 2.17. The van der Waals surface area contributed by atoms with Crippen molar-refractivity contribution in [2.24, 2.45) is 0 Å². The number of imidazole rings is 1. The summed E-state index contributed by atoms with van der Waals surface area (Å²) >= 11 is 5.97. The smallest absolute Gasteiger partial charge is 0.335 e. The molecule has 2 heterocycles. The standard InChI is InChI=1S/C14H9ClN2O2/c15-11-3-1-2-9(6-11)12-8-16-13-7-10(14(18)19)4-5-17(12)13/h1-8H,(H,18,19). The summed E-state index contributed by atoms with van der Waals surface area (Å²) in [6.45, 7) is 0. The van der Waals surface area contributed by atoms with Crippen LogP contribution in [0.3, 0.4) is 0 Å². The molecule has 0 bridgehead atoms. The third-order valence-corrected chi connectivity index (χ3v) is 3.12. The van der Waals surface area contributed by atoms with Gasteiger partial charge in [0.1, 0.15) is 5.65 Å². The van der Waals surface area contributed by atoms with Gasteiger partial charge in [-0.1, -0.05) is 23.7 Å². The first kappa shape index (κ1) is 11.7. The van der Waals surface area contributed by atoms with Crippen molar-refractivity contribution in [3.63, 3.8) is 0 Å². The number of aromatic carboxylic acids is 1. The zero-order chi connectivity index (χ0) is 13.4. The molecule has 0 amide bonds. The summed E-state index contributed by atoms with van der Waals surface area (Å²) < 4.78 is 1.83. The third-order valence-electron chi connectivity index (χ3n) is 2.88. The van der Waals surface area contributed by atoms with Crippen LogP contribution in [0, 0.1) is 0 Å². The first-order valence-corrected chi connectivity index (χ1v) is 5.99. The summed E-state index contributed by atoms with van der Waals surface area (Å²) in [4.78, 5) is 15.1. The van der Waals surface area contributed by atoms with E-state index in [9.17, 15) is 4.79 Å². The molecule has 0 fully saturated rings. The number of carboxylic acids is 1. The molecule has 0 saturated carbocycles. The Balaban J connectivity index is 2.18. The van der Waals surface area contributed by atoms with Gasteiger partial charge in [0.2, 0.25) is 0 Å². The number of rotatable bonds is 2. The lowest BCUT2D eigenvalue weighted by Crippen LogP contribution is -1.98. The van der Waals surface area contributed by atoms with Crippen molar-refractivity contribution in [1.82, 2.24) is 9.38 Å². The normalized spacial score (nSPS) is 10.8. The van der Waals surface area contributed by atoms with Crippen molar-refractivity contribution < 1.29 is 9.90 Å². The van der Waals surface area contributed by atoms with E-state index in [0.717, 1.165) is 11.3 Å². The molecular weight excluding hydrogens is 264 g/mol. The predicted octanol–water partition coefficient (Wildman–Crippen LogP) is 3.35. The monoisotopic (exact) mass is 272 g/mol. The van der Waals surface area contributed by atoms with Crippen LogP contribution in [-0.4, -0.2) is 20.5 Å². The molecule has 1 N–H and O–H groups in total. The van der Waals surface area contributed by atoms with Crippen LogP contribution in [0.5, 0.6) is 0 Å². The van der Waals surface area contributed by atoms with Crippen LogP contribution >= 0.6 is 11.6 Å². The van der Waals surface area contributed by atoms with Crippen molar-refractivity contribution in [3.8, 4) is 11.3 Å². The lowest BCUT2D eigenvalue weighted by atomic mass is 10.2. The summed E-state index contributed by atoms with van der Waals surface area (Å²) in [5.41, 5.74) is 2.61. The highest BCUT2D eigenvalue weighted by molar-refractivity contribution is 6.30. The average molecular weight is 273 g/mol. The molecule has 0 radical (unpaired) electrons. The Morgan fingerprint density at radius 3 is 2.84 bits per heavy atom. The minimum absolute atomic E-state index is 0.218. The number of pyridine rings is 1. The molecule has 0 spiro atoms. The Morgan fingerprint density at radius 2 is 2.11 bits per heavy atom. The lowest BCUT2D eigenvalue weighted by Gasteiger charge is -2.03. The van der Waals surface area contributed by atoms with Crippen molar-refractivity contribution in [2.75, 3.05) is 0 Å². The minimum atomic E-state index is -0.963. The number of fused-ring (bicyclic) bond motifs is 1. The number of halogens is 1. The van der Waals surface area contributed by atoms with E-state index < -0.39 is 5.97 Å². The van der Waals surface area contributed by atoms with Gasteiger partial charge in [0.15, 0.2) is 0 Å². The quantitative estimate of drug-likeness (QED) is 0.778. The SMILES string of the molecule is O=C(O)c1ccn2c(-c3cccc(Cl)c3)cnc2c1. The largest absolute Gasteiger partial charge is 0.478 e. The van der Waals surface area contributed by atoms with Crippen molar-refractivity contribution in [2.45, 2.75) is 0 Å². The Hall–Kier alpha value is -2.33. The molecule has 5 heteroatoms. The highest BCUT2D eigenvalue weighted by atomic mass is 35.5. The second-order valence-corrected chi connectivity index (χ2v) is 4.54. The van der Waals surface area contributed by atoms with Gasteiger partial charge >= 0.3 is 5.97 Å². The number of carbonyl (C=O) groups is 1. The highest BCUT2D eigenvalue weighted by Crippen LogP contribution is 2.24. The summed E-state index contributed by atoms with van der Waals surface area (Å²) in [7, 11) is 0. The van der Waals surface area contributed by atoms with E-state index in [0.29, 0.717) is 10.7 Å². The molecule has 0 saturated heterocycles. The van der Waals surface area contributed by atoms with Crippen LogP contribution in [-0.2, 0) is 0 Å². The van der Waals surface area contributed by atoms with E-state index >= 15 is 0 Å². The Bertz CT molecular complexity index is 780. The molecule has 0 aliphatic rings. The van der Waals surface area contributed by atoms with E-state index in [1.165, 1.54) is 6.07 Å². The molecular formula is C14H9ClN2O2. The van der Waals surface area contributed by atoms with Gasteiger partial charge in [-0.2, -0.15) is 0 Å². The average Bonchev–Trinajstić information content (AvgIpc) is 2.81. The van der Waals surface area contributed by atoms with Crippen LogP contribution in [0.25, 0.3) is 16.9 Å². The minimum Gasteiger partial charge on any atom is -0.478 e. The maximum absolute atomic E-state index is 10.9. The van der Waals surface area contributed by atoms with E-state index in [4.69, 9.17) is 16.7 Å². The van der Waals surface area contributed by atoms with E-state index in [1.54, 1.807) is 24.5 Å². The van der Waals surface area contributed by atoms with E-state index in [-0.39, 0.29) is 5.56 Å². The van der Waals surface area contributed by atoms with Crippen LogP contribution in [0.4, 0.5) is 0 Å². The zero-order valence-electron chi connectivity index (χ0n) is 9.75. The van der Waals surface area contributed by atoms with Gasteiger partial charge in [-0.25, -0.2) is 9.78 Å². The van der Waals surface area contributed by atoms with Crippen molar-refractivity contribution in [3.05, 3.63) is 59.4 Å². The third kappa shape index (κ3) is 2.06. The maximum Gasteiger partial charge on any atom is 0.335 e. The first-order chi connectivity index (χ1) is 9.15. The molecule has 0 aliphatic carbocycles. The second kappa shape index (κ2) is 4.40. The fraction of sp³-hybridized carbons (Fsp3) is 0. The maximum atomic E-state index is 10.9. The first-order valence-electron chi connectivity index (χ1n) is 5.61. The number of aromatic nitrogens is 2. The summed E-state index contributed by atoms with van der Waals surface area (Å²) in [5, 5.41) is 9.60. The van der Waals surface area contributed by atoms with Crippen LogP contribution in [0.15, 0.2) is 48.8 Å². The summed E-state index contributed by atoms with van der Waals surface area (Å²) in [6.07, 6.45) is 3.40. The van der Waals surface area contributed by atoms with Crippen molar-refractivity contribution in [1.29, 1.82) is 0 Å². The molecule has 3 rings (SSSR count). The van der Waals surface area contributed by atoms with E-state index in [1.807, 2.05) is 22.6 Å². The predicted molar refractivity (Wildman–Crippen MR) is 72.6 cm³/mol. The van der Waals surface area contributed by atoms with Gasteiger partial charge in [-0.05, 0) is 24.3 Å². The number of hydrogen-bond donors (Lipinski definition) is 1. The number of benzene rings is 1. The molecule has 3 aromatic rings. The molecule has 1 aromatic carbocycles. The Morgan fingerprint density at radius 1 is 1.26 bits per heavy atom. The van der Waals surface area contributed by atoms with Gasteiger partial charge in [0, 0.05) is 16.8 Å². The molecule has 0 atom stereocenters. The topological polar surface area (TPSA) is 54.6 Å². The van der Waals surface area contributed by atoms with Gasteiger partial charge in [-0.15, -0.1) is 0 Å². The Kier molecular flexibility index (Phi) is 2.72. The summed E-state index contributed by atoms with van der Waals surface area (Å²) in [6, 6.07) is 10.5. The number of hydrogen-bond acceptors (Lipinski definition) is 2. The number of carboxylic acid groups (broad SMARTS) is 1. The fourth-order valence-electron chi connectivity index (χ4n) is 1.98. The molecule has 19 heavy (non-hydrogen) atoms. The lowest BCUT2D eigenvalue weighted by molar-refractivity contribution is 0.0697. The van der Waals surface area contributed by atoms with Gasteiger partial charge in [0.05, 0.1) is 17.5 Å². The number of nitrogens with zero attached hydrogens (tertiary/aromatic N) is 2. The van der Waals surface area contributed by atoms with Crippen LogP contribution in [0.2, 0.25) is 5.02 Å². The zero-order valence-corrected chi connectivity index (χ0v) is 10.5.